The fourth-order valence-electron chi connectivity index (χ4n) is 0.643. The zero-order chi connectivity index (χ0) is 9.90. The predicted molar refractivity (Wildman–Crippen MR) is 45.8 cm³/mol. The van der Waals surface area contributed by atoms with Gasteiger partial charge in [-0.3, -0.25) is 4.79 Å². The Balaban J connectivity index is 2.66. The van der Waals surface area contributed by atoms with Crippen LogP contribution in [-0.4, -0.2) is 21.5 Å². The lowest BCUT2D eigenvalue weighted by Gasteiger charge is -2.13. The van der Waals surface area contributed by atoms with E-state index in [1.54, 1.807) is 0 Å². The quantitative estimate of drug-likeness (QED) is 0.748. The number of alkyl halides is 1. The molecule has 1 heterocycles. The molecule has 0 aliphatic heterocycles. The molecule has 1 rings (SSSR count). The van der Waals surface area contributed by atoms with E-state index < -0.39 is 11.6 Å². The van der Waals surface area contributed by atoms with Crippen LogP contribution in [0.4, 0.5) is 10.1 Å². The summed E-state index contributed by atoms with van der Waals surface area (Å²) in [4.78, 5) is 18.4. The number of halogens is 1. The SMILES string of the molecule is CC(C)(F)C(=O)Nc1cncnc1. The van der Waals surface area contributed by atoms with E-state index in [-0.39, 0.29) is 0 Å². The van der Waals surface area contributed by atoms with Crippen molar-refractivity contribution in [2.75, 3.05) is 5.32 Å². The van der Waals surface area contributed by atoms with Gasteiger partial charge in [-0.1, -0.05) is 0 Å². The summed E-state index contributed by atoms with van der Waals surface area (Å²) in [6.07, 6.45) is 4.13. The molecule has 70 valence electrons. The van der Waals surface area contributed by atoms with Crippen molar-refractivity contribution < 1.29 is 9.18 Å². The molecular formula is C8H10FN3O. The van der Waals surface area contributed by atoms with E-state index in [1.165, 1.54) is 32.6 Å². The number of anilines is 1. The molecule has 0 atom stereocenters. The van der Waals surface area contributed by atoms with Crippen LogP contribution in [0.5, 0.6) is 0 Å². The van der Waals surface area contributed by atoms with Crippen LogP contribution >= 0.6 is 0 Å². The average molecular weight is 183 g/mol. The molecule has 0 aromatic carbocycles. The van der Waals surface area contributed by atoms with Crippen LogP contribution in [0, 0.1) is 0 Å². The Bertz CT molecular complexity index is 294. The number of nitrogens with zero attached hydrogens (tertiary/aromatic N) is 2. The number of carbonyl (C=O) groups is 1. The highest BCUT2D eigenvalue weighted by molar-refractivity contribution is 5.96. The maximum atomic E-state index is 13.0. The Morgan fingerprint density at radius 2 is 2.00 bits per heavy atom. The topological polar surface area (TPSA) is 54.9 Å². The van der Waals surface area contributed by atoms with Crippen molar-refractivity contribution in [2.24, 2.45) is 0 Å². The molecule has 1 aromatic heterocycles. The number of nitrogens with one attached hydrogen (secondary N) is 1. The third-order valence-electron chi connectivity index (χ3n) is 1.36. The van der Waals surface area contributed by atoms with Crippen molar-refractivity contribution in [1.29, 1.82) is 0 Å². The van der Waals surface area contributed by atoms with Gasteiger partial charge in [-0.15, -0.1) is 0 Å². The molecule has 1 amide bonds. The minimum Gasteiger partial charge on any atom is -0.321 e. The van der Waals surface area contributed by atoms with Crippen molar-refractivity contribution in [3.8, 4) is 0 Å². The van der Waals surface area contributed by atoms with E-state index in [4.69, 9.17) is 0 Å². The molecule has 0 aliphatic carbocycles. The smallest absolute Gasteiger partial charge is 0.261 e. The summed E-state index contributed by atoms with van der Waals surface area (Å²) in [5.74, 6) is -0.706. The molecule has 0 saturated heterocycles. The number of carbonyl (C=O) groups excluding carboxylic acids is 1. The predicted octanol–water partition coefficient (Wildman–Crippen LogP) is 1.16. The van der Waals surface area contributed by atoms with Crippen LogP contribution in [0.15, 0.2) is 18.7 Å². The zero-order valence-corrected chi connectivity index (χ0v) is 7.41. The molecule has 4 nitrogen and oxygen atoms in total. The van der Waals surface area contributed by atoms with Gasteiger partial charge in [0.1, 0.15) is 6.33 Å². The van der Waals surface area contributed by atoms with Crippen LogP contribution in [0.3, 0.4) is 0 Å². The van der Waals surface area contributed by atoms with Gasteiger partial charge in [0.25, 0.3) is 5.91 Å². The summed E-state index contributed by atoms with van der Waals surface area (Å²) >= 11 is 0. The second kappa shape index (κ2) is 3.47. The number of hydrogen-bond acceptors (Lipinski definition) is 3. The van der Waals surface area contributed by atoms with Crippen molar-refractivity contribution in [3.05, 3.63) is 18.7 Å². The lowest BCUT2D eigenvalue weighted by atomic mass is 10.1. The first-order valence-corrected chi connectivity index (χ1v) is 3.75. The fraction of sp³-hybridized carbons (Fsp3) is 0.375. The second-order valence-corrected chi connectivity index (χ2v) is 3.05. The van der Waals surface area contributed by atoms with Crippen LogP contribution in [0.1, 0.15) is 13.8 Å². The lowest BCUT2D eigenvalue weighted by Crippen LogP contribution is -2.32. The summed E-state index contributed by atoms with van der Waals surface area (Å²) < 4.78 is 13.0. The minimum atomic E-state index is -1.89. The Kier molecular flexibility index (Phi) is 2.55. The maximum absolute atomic E-state index is 13.0. The summed E-state index contributed by atoms with van der Waals surface area (Å²) in [5, 5.41) is 2.34. The fourth-order valence-corrected chi connectivity index (χ4v) is 0.643. The molecule has 1 aromatic rings. The minimum absolute atomic E-state index is 0.387. The Morgan fingerprint density at radius 3 is 2.46 bits per heavy atom. The largest absolute Gasteiger partial charge is 0.321 e. The molecular weight excluding hydrogens is 173 g/mol. The Labute approximate surface area is 75.2 Å². The van der Waals surface area contributed by atoms with Gasteiger partial charge >= 0.3 is 0 Å². The monoisotopic (exact) mass is 183 g/mol. The van der Waals surface area contributed by atoms with Gasteiger partial charge in [0.2, 0.25) is 0 Å². The molecule has 0 aliphatic rings. The zero-order valence-electron chi connectivity index (χ0n) is 7.41. The van der Waals surface area contributed by atoms with Gasteiger partial charge in [-0.2, -0.15) is 0 Å². The summed E-state index contributed by atoms with van der Waals surface area (Å²) in [7, 11) is 0. The van der Waals surface area contributed by atoms with Crippen molar-refractivity contribution in [2.45, 2.75) is 19.5 Å². The van der Waals surface area contributed by atoms with Crippen molar-refractivity contribution in [3.63, 3.8) is 0 Å². The van der Waals surface area contributed by atoms with Crippen LogP contribution in [-0.2, 0) is 4.79 Å². The van der Waals surface area contributed by atoms with E-state index in [0.717, 1.165) is 0 Å². The summed E-state index contributed by atoms with van der Waals surface area (Å²) in [5.41, 5.74) is -1.51. The van der Waals surface area contributed by atoms with E-state index >= 15 is 0 Å². The molecule has 0 unspecified atom stereocenters. The normalized spacial score (nSPS) is 11.0. The molecule has 0 bridgehead atoms. The highest BCUT2D eigenvalue weighted by Gasteiger charge is 2.26. The third kappa shape index (κ3) is 2.77. The van der Waals surface area contributed by atoms with E-state index in [1.807, 2.05) is 0 Å². The molecule has 0 fully saturated rings. The van der Waals surface area contributed by atoms with Gasteiger partial charge < -0.3 is 5.32 Å². The first-order chi connectivity index (χ1) is 6.00. The first kappa shape index (κ1) is 9.57. The highest BCUT2D eigenvalue weighted by atomic mass is 19.1. The summed E-state index contributed by atoms with van der Waals surface area (Å²) in [6.45, 7) is 2.37. The van der Waals surface area contributed by atoms with E-state index in [0.29, 0.717) is 5.69 Å². The van der Waals surface area contributed by atoms with Crippen molar-refractivity contribution in [1.82, 2.24) is 9.97 Å². The van der Waals surface area contributed by atoms with Gasteiger partial charge in [0.05, 0.1) is 18.1 Å². The van der Waals surface area contributed by atoms with Crippen LogP contribution in [0.2, 0.25) is 0 Å². The Hall–Kier alpha value is -1.52. The van der Waals surface area contributed by atoms with Crippen LogP contribution < -0.4 is 5.32 Å². The molecule has 0 spiro atoms. The molecule has 13 heavy (non-hydrogen) atoms. The number of hydrogen-bond donors (Lipinski definition) is 1. The number of rotatable bonds is 2. The van der Waals surface area contributed by atoms with Crippen molar-refractivity contribution >= 4 is 11.6 Å². The lowest BCUT2D eigenvalue weighted by molar-refractivity contribution is -0.125. The maximum Gasteiger partial charge on any atom is 0.261 e. The van der Waals surface area contributed by atoms with Crippen LogP contribution in [0.25, 0.3) is 0 Å². The molecule has 0 saturated carbocycles. The second-order valence-electron chi connectivity index (χ2n) is 3.05. The first-order valence-electron chi connectivity index (χ1n) is 3.75. The molecule has 1 N–H and O–H groups in total. The van der Waals surface area contributed by atoms with E-state index in [9.17, 15) is 9.18 Å². The van der Waals surface area contributed by atoms with Gasteiger partial charge in [-0.05, 0) is 13.8 Å². The van der Waals surface area contributed by atoms with Gasteiger partial charge in [0.15, 0.2) is 5.67 Å². The number of amides is 1. The molecule has 0 radical (unpaired) electrons. The third-order valence-corrected chi connectivity index (χ3v) is 1.36. The average Bonchev–Trinajstić information content (AvgIpc) is 2.04. The summed E-state index contributed by atoms with van der Waals surface area (Å²) in [6, 6.07) is 0. The van der Waals surface area contributed by atoms with E-state index in [2.05, 4.69) is 15.3 Å². The Morgan fingerprint density at radius 1 is 1.46 bits per heavy atom. The number of aromatic nitrogens is 2. The van der Waals surface area contributed by atoms with Gasteiger partial charge in [-0.25, -0.2) is 14.4 Å². The molecule has 5 heteroatoms. The highest BCUT2D eigenvalue weighted by Crippen LogP contribution is 2.11. The standard InChI is InChI=1S/C8H10FN3O/c1-8(2,9)7(13)12-6-3-10-5-11-4-6/h3-5H,1-2H3,(H,12,13). The van der Waals surface area contributed by atoms with Gasteiger partial charge in [0, 0.05) is 0 Å².